The molecule has 0 spiro atoms. The van der Waals surface area contributed by atoms with Gasteiger partial charge in [0, 0.05) is 24.6 Å². The Morgan fingerprint density at radius 3 is 2.14 bits per heavy atom. The predicted molar refractivity (Wildman–Crippen MR) is 124 cm³/mol. The highest BCUT2D eigenvalue weighted by molar-refractivity contribution is 7.89. The van der Waals surface area contributed by atoms with E-state index >= 15 is 0 Å². The summed E-state index contributed by atoms with van der Waals surface area (Å²) >= 11 is 0. The molecular formula is C25H23F3N2O4S. The van der Waals surface area contributed by atoms with Gasteiger partial charge in [0.15, 0.2) is 0 Å². The van der Waals surface area contributed by atoms with Crippen LogP contribution in [-0.2, 0) is 16.2 Å². The number of nitrogens with one attached hydrogen (secondary N) is 1. The van der Waals surface area contributed by atoms with Gasteiger partial charge in [0.25, 0.3) is 5.91 Å². The lowest BCUT2D eigenvalue weighted by Crippen LogP contribution is -2.40. The highest BCUT2D eigenvalue weighted by Gasteiger charge is 2.41. The number of sulfonamides is 1. The van der Waals surface area contributed by atoms with E-state index in [4.69, 9.17) is 4.74 Å². The molecule has 3 aromatic carbocycles. The van der Waals surface area contributed by atoms with Crippen molar-refractivity contribution in [3.05, 3.63) is 95.6 Å². The van der Waals surface area contributed by atoms with E-state index in [2.05, 4.69) is 5.32 Å². The number of carbonyl (C=O) groups excluding carboxylic acids is 1. The molecule has 0 aliphatic carbocycles. The molecule has 2 atom stereocenters. The van der Waals surface area contributed by atoms with Crippen LogP contribution in [0.4, 0.5) is 13.2 Å². The molecule has 0 bridgehead atoms. The largest absolute Gasteiger partial charge is 0.497 e. The van der Waals surface area contributed by atoms with E-state index in [9.17, 15) is 26.4 Å². The number of alkyl halides is 3. The van der Waals surface area contributed by atoms with E-state index in [1.807, 2.05) is 30.3 Å². The summed E-state index contributed by atoms with van der Waals surface area (Å²) in [4.78, 5) is 13.0. The second-order valence-electron chi connectivity index (χ2n) is 8.17. The van der Waals surface area contributed by atoms with E-state index in [-0.39, 0.29) is 29.5 Å². The first kappa shape index (κ1) is 24.7. The Morgan fingerprint density at radius 2 is 1.57 bits per heavy atom. The van der Waals surface area contributed by atoms with Crippen molar-refractivity contribution in [3.63, 3.8) is 0 Å². The van der Waals surface area contributed by atoms with E-state index in [0.29, 0.717) is 5.75 Å². The van der Waals surface area contributed by atoms with Crippen molar-refractivity contribution >= 4 is 15.9 Å². The van der Waals surface area contributed by atoms with E-state index in [1.165, 1.54) is 23.5 Å². The molecule has 4 rings (SSSR count). The summed E-state index contributed by atoms with van der Waals surface area (Å²) < 4.78 is 71.6. The lowest BCUT2D eigenvalue weighted by atomic mass is 9.94. The van der Waals surface area contributed by atoms with Gasteiger partial charge < -0.3 is 10.1 Å². The Kier molecular flexibility index (Phi) is 6.86. The number of nitrogens with zero attached hydrogens (tertiary/aromatic N) is 1. The van der Waals surface area contributed by atoms with Gasteiger partial charge in [-0.3, -0.25) is 4.79 Å². The highest BCUT2D eigenvalue weighted by Crippen LogP contribution is 2.33. The van der Waals surface area contributed by atoms with Crippen LogP contribution < -0.4 is 10.1 Å². The summed E-state index contributed by atoms with van der Waals surface area (Å²) in [6.45, 7) is 0.149. The Labute approximate surface area is 201 Å². The number of methoxy groups -OCH3 is 1. The van der Waals surface area contributed by atoms with Crippen molar-refractivity contribution in [2.45, 2.75) is 23.0 Å². The third-order valence-corrected chi connectivity index (χ3v) is 7.85. The average molecular weight is 505 g/mol. The van der Waals surface area contributed by atoms with E-state index < -0.39 is 33.7 Å². The normalized spacial score (nSPS) is 18.9. The number of hydrogen-bond acceptors (Lipinski definition) is 4. The molecular weight excluding hydrogens is 481 g/mol. The smallest absolute Gasteiger partial charge is 0.416 e. The Balaban J connectivity index is 1.58. The first-order chi connectivity index (χ1) is 16.6. The summed E-state index contributed by atoms with van der Waals surface area (Å²) in [5.41, 5.74) is 0.0489. The van der Waals surface area contributed by atoms with Crippen LogP contribution in [0.5, 0.6) is 5.75 Å². The van der Waals surface area contributed by atoms with Crippen molar-refractivity contribution in [2.75, 3.05) is 20.2 Å². The number of carbonyl (C=O) groups is 1. The molecule has 1 amide bonds. The van der Waals surface area contributed by atoms with Crippen LogP contribution in [0.2, 0.25) is 0 Å². The third-order valence-electron chi connectivity index (χ3n) is 6.00. The summed E-state index contributed by atoms with van der Waals surface area (Å²) in [5, 5.41) is 2.83. The maximum atomic E-state index is 13.3. The lowest BCUT2D eigenvalue weighted by Gasteiger charge is -2.20. The SMILES string of the molecule is COc1ccc(S(=O)(=O)N2C[C@@H](NC(=O)c3ccc(C(F)(F)F)cc3)[C@H](c3ccccc3)C2)cc1. The molecule has 1 aliphatic heterocycles. The molecule has 1 saturated heterocycles. The van der Waals surface area contributed by atoms with Crippen molar-refractivity contribution in [1.29, 1.82) is 0 Å². The summed E-state index contributed by atoms with van der Waals surface area (Å²) in [7, 11) is -2.37. The number of ether oxygens (including phenoxy) is 1. The minimum atomic E-state index is -4.50. The van der Waals surface area contributed by atoms with Gasteiger partial charge in [0.05, 0.1) is 23.6 Å². The second-order valence-corrected chi connectivity index (χ2v) is 10.1. The fraction of sp³-hybridized carbons (Fsp3) is 0.240. The van der Waals surface area contributed by atoms with Gasteiger partial charge in [-0.1, -0.05) is 30.3 Å². The molecule has 1 heterocycles. The summed E-state index contributed by atoms with van der Waals surface area (Å²) in [6, 6.07) is 18.5. The summed E-state index contributed by atoms with van der Waals surface area (Å²) in [6.07, 6.45) is -4.50. The molecule has 184 valence electrons. The molecule has 0 radical (unpaired) electrons. The van der Waals surface area contributed by atoms with Gasteiger partial charge in [-0.05, 0) is 54.1 Å². The van der Waals surface area contributed by atoms with E-state index in [0.717, 1.165) is 29.8 Å². The average Bonchev–Trinajstić information content (AvgIpc) is 3.28. The second kappa shape index (κ2) is 9.71. The van der Waals surface area contributed by atoms with Gasteiger partial charge in [-0.15, -0.1) is 0 Å². The quantitative estimate of drug-likeness (QED) is 0.543. The Morgan fingerprint density at radius 1 is 0.943 bits per heavy atom. The molecule has 0 saturated carbocycles. The fourth-order valence-corrected chi connectivity index (χ4v) is 5.60. The monoisotopic (exact) mass is 504 g/mol. The Bertz CT molecular complexity index is 1280. The van der Waals surface area contributed by atoms with Crippen molar-refractivity contribution < 1.29 is 31.1 Å². The molecule has 6 nitrogen and oxygen atoms in total. The minimum Gasteiger partial charge on any atom is -0.497 e. The zero-order valence-electron chi connectivity index (χ0n) is 18.7. The standard InChI is InChI=1S/C25H23F3N2O4S/c1-34-20-11-13-21(14-12-20)35(32,33)30-15-22(17-5-3-2-4-6-17)23(16-30)29-24(31)18-7-9-19(10-8-18)25(26,27)28/h2-14,22-23H,15-16H2,1H3,(H,29,31)/t22-,23+/m0/s1. The predicted octanol–water partition coefficient (Wildman–Crippen LogP) is 4.30. The summed E-state index contributed by atoms with van der Waals surface area (Å²) in [5.74, 6) is -0.398. The molecule has 0 unspecified atom stereocenters. The zero-order valence-corrected chi connectivity index (χ0v) is 19.5. The molecule has 3 aromatic rings. The third kappa shape index (κ3) is 5.33. The lowest BCUT2D eigenvalue weighted by molar-refractivity contribution is -0.137. The van der Waals surface area contributed by atoms with Crippen molar-refractivity contribution in [1.82, 2.24) is 9.62 Å². The molecule has 0 aromatic heterocycles. The van der Waals surface area contributed by atoms with Crippen LogP contribution in [-0.4, -0.2) is 44.9 Å². The van der Waals surface area contributed by atoms with Crippen LogP contribution in [0.3, 0.4) is 0 Å². The maximum Gasteiger partial charge on any atom is 0.416 e. The van der Waals surface area contributed by atoms with Crippen LogP contribution in [0.1, 0.15) is 27.4 Å². The van der Waals surface area contributed by atoms with Crippen molar-refractivity contribution in [3.8, 4) is 5.75 Å². The number of halogens is 3. The molecule has 1 aliphatic rings. The molecule has 1 N–H and O–H groups in total. The van der Waals surface area contributed by atoms with Crippen LogP contribution >= 0.6 is 0 Å². The van der Waals surface area contributed by atoms with Crippen LogP contribution in [0.25, 0.3) is 0 Å². The Hall–Kier alpha value is -3.37. The fourth-order valence-electron chi connectivity index (χ4n) is 4.11. The number of rotatable bonds is 6. The minimum absolute atomic E-state index is 0.0142. The van der Waals surface area contributed by atoms with E-state index in [1.54, 1.807) is 12.1 Å². The molecule has 1 fully saturated rings. The zero-order chi connectivity index (χ0) is 25.2. The van der Waals surface area contributed by atoms with Gasteiger partial charge in [-0.2, -0.15) is 17.5 Å². The molecule has 35 heavy (non-hydrogen) atoms. The first-order valence-electron chi connectivity index (χ1n) is 10.8. The van der Waals surface area contributed by atoms with Crippen LogP contribution in [0, 0.1) is 0 Å². The number of amides is 1. The number of hydrogen-bond donors (Lipinski definition) is 1. The first-order valence-corrected chi connectivity index (χ1v) is 12.2. The molecule has 10 heteroatoms. The van der Waals surface area contributed by atoms with Gasteiger partial charge in [0.2, 0.25) is 10.0 Å². The van der Waals surface area contributed by atoms with Crippen molar-refractivity contribution in [2.24, 2.45) is 0 Å². The van der Waals surface area contributed by atoms with Crippen LogP contribution in [0.15, 0.2) is 83.8 Å². The van der Waals surface area contributed by atoms with Gasteiger partial charge in [0.1, 0.15) is 5.75 Å². The number of benzene rings is 3. The maximum absolute atomic E-state index is 13.3. The topological polar surface area (TPSA) is 75.7 Å². The van der Waals surface area contributed by atoms with Gasteiger partial charge in [-0.25, -0.2) is 8.42 Å². The van der Waals surface area contributed by atoms with Gasteiger partial charge >= 0.3 is 6.18 Å². The highest BCUT2D eigenvalue weighted by atomic mass is 32.2.